The number of rotatable bonds is 6. The third-order valence-corrected chi connectivity index (χ3v) is 3.91. The fourth-order valence-corrected chi connectivity index (χ4v) is 2.58. The molecule has 0 aliphatic heterocycles. The Bertz CT molecular complexity index is 847. The van der Waals surface area contributed by atoms with Crippen LogP contribution in [-0.2, 0) is 6.42 Å². The van der Waals surface area contributed by atoms with Crippen LogP contribution in [0.1, 0.15) is 41.3 Å². The molecule has 2 rings (SSSR count). The molecule has 0 atom stereocenters. The molecular weight excluding hydrogens is 306 g/mol. The van der Waals surface area contributed by atoms with Gasteiger partial charge >= 0.3 is 5.63 Å². The predicted molar refractivity (Wildman–Crippen MR) is 94.7 cm³/mol. The van der Waals surface area contributed by atoms with Gasteiger partial charge in [0.15, 0.2) is 5.78 Å². The van der Waals surface area contributed by atoms with Gasteiger partial charge in [0.05, 0.1) is 5.56 Å². The van der Waals surface area contributed by atoms with E-state index in [4.69, 9.17) is 4.42 Å². The fraction of sp³-hybridized carbons (Fsp3) is 0.368. The highest BCUT2D eigenvalue weighted by Crippen LogP contribution is 2.32. The monoisotopic (exact) mass is 329 g/mol. The van der Waals surface area contributed by atoms with E-state index < -0.39 is 5.63 Å². The maximum absolute atomic E-state index is 12.4. The van der Waals surface area contributed by atoms with E-state index in [1.807, 2.05) is 14.1 Å². The molecule has 0 spiro atoms. The fourth-order valence-electron chi connectivity index (χ4n) is 2.58. The number of nitrogens with zero attached hydrogens (tertiary/aromatic N) is 1. The zero-order chi connectivity index (χ0) is 17.9. The smallest absolute Gasteiger partial charge is 0.336 e. The quantitative estimate of drug-likeness (QED) is 0.499. The second-order valence-electron chi connectivity index (χ2n) is 6.11. The lowest BCUT2D eigenvalue weighted by atomic mass is 9.97. The summed E-state index contributed by atoms with van der Waals surface area (Å²) in [4.78, 5) is 25.9. The van der Waals surface area contributed by atoms with E-state index in [0.717, 1.165) is 24.8 Å². The van der Waals surface area contributed by atoms with Gasteiger partial charge in [-0.2, -0.15) is 0 Å². The molecule has 24 heavy (non-hydrogen) atoms. The predicted octanol–water partition coefficient (Wildman–Crippen LogP) is 3.41. The van der Waals surface area contributed by atoms with E-state index in [0.29, 0.717) is 16.5 Å². The van der Waals surface area contributed by atoms with Crippen LogP contribution >= 0.6 is 0 Å². The van der Waals surface area contributed by atoms with E-state index in [-0.39, 0.29) is 17.1 Å². The summed E-state index contributed by atoms with van der Waals surface area (Å²) in [6.07, 6.45) is 5.69. The van der Waals surface area contributed by atoms with Gasteiger partial charge in [0.2, 0.25) is 0 Å². The Morgan fingerprint density at radius 3 is 2.67 bits per heavy atom. The molecule has 0 amide bonds. The van der Waals surface area contributed by atoms with E-state index in [9.17, 15) is 14.7 Å². The van der Waals surface area contributed by atoms with Gasteiger partial charge in [-0.1, -0.05) is 13.3 Å². The van der Waals surface area contributed by atoms with Crippen molar-refractivity contribution in [1.82, 2.24) is 4.90 Å². The number of carbonyl (C=O) groups excluding carboxylic acids is 1. The summed E-state index contributed by atoms with van der Waals surface area (Å²) in [5.74, 6) is -0.439. The number of aromatic hydroxyl groups is 1. The molecule has 1 heterocycles. The first-order chi connectivity index (χ1) is 11.3. The first-order valence-electron chi connectivity index (χ1n) is 8.03. The number of fused-ring (bicyclic) bond motifs is 1. The normalized spacial score (nSPS) is 11.3. The molecular formula is C19H23NO4. The van der Waals surface area contributed by atoms with Crippen LogP contribution < -0.4 is 5.63 Å². The second-order valence-corrected chi connectivity index (χ2v) is 6.11. The summed E-state index contributed by atoms with van der Waals surface area (Å²) in [7, 11) is 3.62. The maximum atomic E-state index is 12.4. The Morgan fingerprint density at radius 1 is 1.33 bits per heavy atom. The van der Waals surface area contributed by atoms with Crippen LogP contribution in [0.2, 0.25) is 0 Å². The van der Waals surface area contributed by atoms with Crippen LogP contribution in [0, 0.1) is 6.92 Å². The van der Waals surface area contributed by atoms with Crippen molar-refractivity contribution in [3.8, 4) is 5.75 Å². The van der Waals surface area contributed by atoms with Gasteiger partial charge < -0.3 is 14.4 Å². The Hall–Kier alpha value is -2.56. The molecule has 5 nitrogen and oxygen atoms in total. The van der Waals surface area contributed by atoms with Crippen molar-refractivity contribution in [1.29, 1.82) is 0 Å². The number of phenols is 1. The van der Waals surface area contributed by atoms with E-state index in [2.05, 4.69) is 6.92 Å². The number of hydrogen-bond acceptors (Lipinski definition) is 5. The Labute approximate surface area is 141 Å². The summed E-state index contributed by atoms with van der Waals surface area (Å²) < 4.78 is 5.27. The van der Waals surface area contributed by atoms with Crippen molar-refractivity contribution in [2.24, 2.45) is 0 Å². The number of phenolic OH excluding ortho intramolecular Hbond substituents is 1. The molecule has 1 aromatic carbocycles. The average molecular weight is 329 g/mol. The number of aryl methyl sites for hydroxylation is 2. The highest BCUT2D eigenvalue weighted by atomic mass is 16.4. The third kappa shape index (κ3) is 3.67. The number of ketones is 1. The summed E-state index contributed by atoms with van der Waals surface area (Å²) >= 11 is 0. The average Bonchev–Trinajstić information content (AvgIpc) is 2.54. The van der Waals surface area contributed by atoms with Crippen molar-refractivity contribution in [3.63, 3.8) is 0 Å². The molecule has 128 valence electrons. The molecule has 0 fully saturated rings. The SMILES string of the molecule is CCCCc1cc(=O)oc2c(C)c(O)c(C(=O)/C=C\N(C)C)cc12. The molecule has 0 aliphatic carbocycles. The number of allylic oxidation sites excluding steroid dienone is 1. The zero-order valence-corrected chi connectivity index (χ0v) is 14.5. The van der Waals surface area contributed by atoms with Crippen molar-refractivity contribution in [2.45, 2.75) is 33.1 Å². The summed E-state index contributed by atoms with van der Waals surface area (Å²) in [5.41, 5.74) is 1.37. The van der Waals surface area contributed by atoms with E-state index >= 15 is 0 Å². The van der Waals surface area contributed by atoms with E-state index in [1.165, 1.54) is 12.1 Å². The minimum absolute atomic E-state index is 0.147. The van der Waals surface area contributed by atoms with Crippen LogP contribution in [0.5, 0.6) is 5.75 Å². The van der Waals surface area contributed by atoms with Crippen LogP contribution in [-0.4, -0.2) is 29.9 Å². The summed E-state index contributed by atoms with van der Waals surface area (Å²) in [6, 6.07) is 3.09. The molecule has 2 aromatic rings. The van der Waals surface area contributed by atoms with Crippen LogP contribution in [0.4, 0.5) is 0 Å². The maximum Gasteiger partial charge on any atom is 0.336 e. The Kier molecular flexibility index (Phi) is 5.44. The lowest BCUT2D eigenvalue weighted by Gasteiger charge is -2.11. The molecule has 0 saturated carbocycles. The zero-order valence-electron chi connectivity index (χ0n) is 14.5. The van der Waals surface area contributed by atoms with Gasteiger partial charge in [0, 0.05) is 43.4 Å². The van der Waals surface area contributed by atoms with E-state index in [1.54, 1.807) is 24.1 Å². The third-order valence-electron chi connectivity index (χ3n) is 3.91. The molecule has 1 aromatic heterocycles. The van der Waals surface area contributed by atoms with Crippen molar-refractivity contribution >= 4 is 16.8 Å². The van der Waals surface area contributed by atoms with Gasteiger partial charge in [-0.05, 0) is 31.4 Å². The number of hydrogen-bond donors (Lipinski definition) is 1. The lowest BCUT2D eigenvalue weighted by molar-refractivity contribution is 0.104. The van der Waals surface area contributed by atoms with Crippen molar-refractivity contribution < 1.29 is 14.3 Å². The number of unbranched alkanes of at least 4 members (excludes halogenated alkanes) is 1. The standard InChI is InChI=1S/C19H23NO4/c1-5-6-7-13-10-17(22)24-19-12(2)18(23)15(11-14(13)19)16(21)8-9-20(3)4/h8-11,23H,5-7H2,1-4H3/b9-8-. The Balaban J connectivity index is 2.66. The van der Waals surface area contributed by atoms with Gasteiger partial charge in [0.1, 0.15) is 11.3 Å². The van der Waals surface area contributed by atoms with Crippen LogP contribution in [0.15, 0.2) is 33.6 Å². The number of carbonyl (C=O) groups is 1. The van der Waals surface area contributed by atoms with Gasteiger partial charge in [-0.25, -0.2) is 4.79 Å². The second kappa shape index (κ2) is 7.34. The minimum atomic E-state index is -0.442. The van der Waals surface area contributed by atoms with Gasteiger partial charge in [-0.15, -0.1) is 0 Å². The molecule has 5 heteroatoms. The minimum Gasteiger partial charge on any atom is -0.507 e. The highest BCUT2D eigenvalue weighted by molar-refractivity contribution is 6.09. The van der Waals surface area contributed by atoms with Gasteiger partial charge in [0.25, 0.3) is 0 Å². The highest BCUT2D eigenvalue weighted by Gasteiger charge is 2.18. The molecule has 0 radical (unpaired) electrons. The lowest BCUT2D eigenvalue weighted by Crippen LogP contribution is -2.06. The van der Waals surface area contributed by atoms with Gasteiger partial charge in [-0.3, -0.25) is 4.79 Å². The largest absolute Gasteiger partial charge is 0.507 e. The Morgan fingerprint density at radius 2 is 2.04 bits per heavy atom. The first kappa shape index (κ1) is 17.8. The van der Waals surface area contributed by atoms with Crippen molar-refractivity contribution in [2.75, 3.05) is 14.1 Å². The summed E-state index contributed by atoms with van der Waals surface area (Å²) in [5, 5.41) is 11.1. The molecule has 0 aliphatic rings. The molecule has 0 bridgehead atoms. The van der Waals surface area contributed by atoms with Crippen LogP contribution in [0.25, 0.3) is 11.0 Å². The van der Waals surface area contributed by atoms with Crippen molar-refractivity contribution in [3.05, 3.63) is 51.5 Å². The molecule has 1 N–H and O–H groups in total. The molecule has 0 saturated heterocycles. The number of benzene rings is 1. The summed E-state index contributed by atoms with van der Waals surface area (Å²) in [6.45, 7) is 3.72. The first-order valence-corrected chi connectivity index (χ1v) is 8.03. The topological polar surface area (TPSA) is 70.7 Å². The van der Waals surface area contributed by atoms with Crippen LogP contribution in [0.3, 0.4) is 0 Å². The molecule has 0 unspecified atom stereocenters.